The molecule has 11 rings (SSSR count). The Morgan fingerprint density at radius 1 is 0.618 bits per heavy atom. The van der Waals surface area contributed by atoms with E-state index in [1.807, 2.05) is 44.4 Å². The molecular weight excluding hydrogens is 1140 g/mol. The molecule has 15 heteroatoms. The van der Waals surface area contributed by atoms with Gasteiger partial charge in [-0.3, -0.25) is 4.72 Å². The third-order valence-electron chi connectivity index (χ3n) is 16.6. The minimum Gasteiger partial charge on any atom is -0.409 e. The highest BCUT2D eigenvalue weighted by Gasteiger charge is 2.44. The molecule has 1 aliphatic rings. The molecule has 1 aliphatic carbocycles. The van der Waals surface area contributed by atoms with Crippen molar-refractivity contribution >= 4 is 69.8 Å². The van der Waals surface area contributed by atoms with Crippen molar-refractivity contribution in [2.45, 2.75) is 88.3 Å². The van der Waals surface area contributed by atoms with Gasteiger partial charge in [-0.05, 0) is 118 Å². The summed E-state index contributed by atoms with van der Waals surface area (Å²) in [6.45, 7) is 21.2. The molecule has 13 nitrogen and oxygen atoms in total. The van der Waals surface area contributed by atoms with Crippen molar-refractivity contribution in [2.24, 2.45) is 0 Å². The first-order chi connectivity index (χ1) is 42.6. The van der Waals surface area contributed by atoms with Crippen molar-refractivity contribution in [3.63, 3.8) is 0 Å². The summed E-state index contributed by atoms with van der Waals surface area (Å²) in [4.78, 5) is 41.0. The average molecular weight is 1220 g/mol. The fourth-order valence-corrected chi connectivity index (χ4v) is 13.4. The molecule has 10 aromatic rings. The Morgan fingerprint density at radius 2 is 1.12 bits per heavy atom. The van der Waals surface area contributed by atoms with Crippen molar-refractivity contribution in [2.75, 3.05) is 40.3 Å². The van der Waals surface area contributed by atoms with E-state index >= 15 is 0 Å². The van der Waals surface area contributed by atoms with E-state index < -0.39 is 30.2 Å². The normalized spacial score (nSPS) is 14.6. The number of benzene rings is 7. The molecule has 0 fully saturated rings. The monoisotopic (exact) mass is 1220 g/mol. The number of aryl methyl sites for hydroxylation is 2. The number of nitrogens with one attached hydrogen (secondary N) is 3. The maximum Gasteiger partial charge on any atom is 0.240 e. The lowest BCUT2D eigenvalue weighted by atomic mass is 9.79. The number of aromatic nitrogens is 6. The van der Waals surface area contributed by atoms with Crippen molar-refractivity contribution in [3.05, 3.63) is 216 Å². The Labute approximate surface area is 524 Å². The first kappa shape index (κ1) is 62.1. The number of nitrogens with zero attached hydrogens (tertiary/aromatic N) is 7. The van der Waals surface area contributed by atoms with Crippen molar-refractivity contribution < 1.29 is 13.3 Å². The topological polar surface area (TPSA) is 160 Å². The van der Waals surface area contributed by atoms with Crippen LogP contribution in [-0.4, -0.2) is 95.2 Å². The summed E-state index contributed by atoms with van der Waals surface area (Å²) in [7, 11) is -1.62. The van der Waals surface area contributed by atoms with E-state index in [0.29, 0.717) is 47.7 Å². The molecule has 0 saturated carbocycles. The zero-order valence-electron chi connectivity index (χ0n) is 52.4. The van der Waals surface area contributed by atoms with E-state index in [1.54, 1.807) is 25.1 Å². The first-order valence-corrected chi connectivity index (χ1v) is 33.7. The summed E-state index contributed by atoms with van der Waals surface area (Å²) in [6.07, 6.45) is 9.03. The second kappa shape index (κ2) is 25.5. The van der Waals surface area contributed by atoms with Crippen molar-refractivity contribution in [1.29, 1.82) is 0 Å². The number of likely N-dealkylation sites (N-methyl/N-ethyl adjacent to an activating group) is 1. The number of unbranched alkanes of at least 4 members (excludes halogenated alkanes) is 1. The minimum atomic E-state index is -3.78. The third-order valence-corrected chi connectivity index (χ3v) is 20.0. The van der Waals surface area contributed by atoms with Gasteiger partial charge in [0, 0.05) is 71.2 Å². The van der Waals surface area contributed by atoms with Gasteiger partial charge in [0.05, 0.1) is 72.2 Å². The van der Waals surface area contributed by atoms with Gasteiger partial charge in [-0.15, -0.1) is 9.39 Å². The van der Waals surface area contributed by atoms with Gasteiger partial charge in [0.25, 0.3) is 0 Å². The number of rotatable bonds is 24. The minimum absolute atomic E-state index is 0.122. The Hall–Kier alpha value is -8.54. The van der Waals surface area contributed by atoms with Crippen molar-refractivity contribution in [3.8, 4) is 50.8 Å². The number of sulfonamides is 1. The van der Waals surface area contributed by atoms with Crippen LogP contribution in [0.4, 0.5) is 0 Å². The highest BCUT2D eigenvalue weighted by Crippen LogP contribution is 2.54. The largest absolute Gasteiger partial charge is 0.409 e. The molecule has 1 atom stereocenters. The number of allylic oxidation sites excluding steroid dienone is 3. The fourth-order valence-electron chi connectivity index (χ4n) is 11.1. The maximum absolute atomic E-state index is 13.4. The summed E-state index contributed by atoms with van der Waals surface area (Å²) in [5, 5.41) is 0. The highest BCUT2D eigenvalue weighted by atomic mass is 32.2. The molecule has 0 spiro atoms. The number of hydrogen-bond donors (Lipinski definition) is 3. The lowest BCUT2D eigenvalue weighted by Gasteiger charge is -2.26. The Balaban J connectivity index is 0.918. The third kappa shape index (κ3) is 13.6. The highest BCUT2D eigenvalue weighted by molar-refractivity contribution is 8.26. The average Bonchev–Trinajstić information content (AvgIpc) is 1.60. The van der Waals surface area contributed by atoms with Crippen LogP contribution in [0.25, 0.3) is 83.7 Å². The van der Waals surface area contributed by atoms with E-state index in [1.165, 1.54) is 5.56 Å². The molecule has 0 bridgehead atoms. The smallest absolute Gasteiger partial charge is 0.240 e. The molecule has 3 N–H and O–H groups in total. The lowest BCUT2D eigenvalue weighted by Crippen LogP contribution is -2.28. The van der Waals surface area contributed by atoms with Gasteiger partial charge in [-0.25, -0.2) is 43.0 Å². The van der Waals surface area contributed by atoms with Crippen LogP contribution in [0.1, 0.15) is 81.1 Å². The molecule has 89 heavy (non-hydrogen) atoms. The molecule has 0 aliphatic heterocycles. The SMILES string of the molecule is C=C/C(=C\CCC)CNS(=C)(=C)c1ccc2nc(C3=CC3(C)c3ccc(-c4nc5cc(S(=O)(=O)NCC)ccc5nc4-c4ccc(C(C)(C)Cc5nc6cc(ONCCN(C)C)ccc6nc5-c5ccc(C)cc5)cc4)cc3)c(-c3ccc(C)cc3)nc2c1. The Bertz CT molecular complexity index is 4620. The zero-order chi connectivity index (χ0) is 62.8. The zero-order valence-corrected chi connectivity index (χ0v) is 54.0. The summed E-state index contributed by atoms with van der Waals surface area (Å²) < 4.78 is 33.0. The van der Waals surface area contributed by atoms with E-state index in [2.05, 4.69) is 201 Å². The molecular formula is C74H78N10O3S2. The number of hydroxylamine groups is 1. The summed E-state index contributed by atoms with van der Waals surface area (Å²) in [6, 6.07) is 50.8. The molecule has 454 valence electrons. The van der Waals surface area contributed by atoms with E-state index in [-0.39, 0.29) is 11.4 Å². The van der Waals surface area contributed by atoms with Crippen LogP contribution in [0.15, 0.2) is 192 Å². The van der Waals surface area contributed by atoms with Gasteiger partial charge in [0.2, 0.25) is 10.0 Å². The van der Waals surface area contributed by atoms with Crippen LogP contribution >= 0.6 is 9.39 Å². The summed E-state index contributed by atoms with van der Waals surface area (Å²) in [5.41, 5.74) is 21.4. The molecule has 0 radical (unpaired) electrons. The second-order valence-electron chi connectivity index (χ2n) is 24.3. The summed E-state index contributed by atoms with van der Waals surface area (Å²) >= 11 is 0. The van der Waals surface area contributed by atoms with Crippen LogP contribution in [-0.2, 0) is 27.3 Å². The molecule has 0 saturated heterocycles. The van der Waals surface area contributed by atoms with E-state index in [0.717, 1.165) is 119 Å². The second-order valence-corrected chi connectivity index (χ2v) is 28.6. The predicted octanol–water partition coefficient (Wildman–Crippen LogP) is 14.9. The Kier molecular flexibility index (Phi) is 17.8. The van der Waals surface area contributed by atoms with Crippen LogP contribution in [0.3, 0.4) is 0 Å². The standard InChI is InChI=1S/C74H78N10O3S2/c1-13-16-17-50(14-2)47-77-88(11,12)58-35-38-63-65(43-58)83-71(52-24-20-49(5)21-25-52)72(81-63)60-45-74(60,8)56-32-28-54(29-33-56)70-69(80-62-39-36-59(44-66(62)82-70)89(85,86)76-15-3)53-26-30-55(31-27-53)73(6,7)46-67-68(51-22-18-48(4)19-23-51)79-61-37-34-57(42-64(61)78-67)87-75-40-41-84(9)10/h14,17-39,42-45,75-77H,2,11-13,15-16,40-41,46-47H2,1,3-10H3/b50-17+. The van der Waals surface area contributed by atoms with Crippen LogP contribution in [0.2, 0.25) is 0 Å². The Morgan fingerprint density at radius 3 is 1.71 bits per heavy atom. The van der Waals surface area contributed by atoms with E-state index in [9.17, 15) is 8.42 Å². The summed E-state index contributed by atoms with van der Waals surface area (Å²) in [5.74, 6) is 9.79. The number of fused-ring (bicyclic) bond motifs is 3. The predicted molar refractivity (Wildman–Crippen MR) is 371 cm³/mol. The fraction of sp³-hybridized carbons (Fsp3) is 0.243. The molecule has 1 unspecified atom stereocenters. The molecule has 3 aromatic heterocycles. The van der Waals surface area contributed by atoms with Gasteiger partial charge in [-0.2, -0.15) is 5.48 Å². The van der Waals surface area contributed by atoms with E-state index in [4.69, 9.17) is 34.7 Å². The molecule has 7 aromatic carbocycles. The lowest BCUT2D eigenvalue weighted by molar-refractivity contribution is 0.184. The van der Waals surface area contributed by atoms with Gasteiger partial charge >= 0.3 is 0 Å². The maximum atomic E-state index is 13.4. The van der Waals surface area contributed by atoms with Gasteiger partial charge in [0.1, 0.15) is 5.75 Å². The molecule has 3 heterocycles. The van der Waals surface area contributed by atoms with Gasteiger partial charge in [-0.1, -0.05) is 179 Å². The van der Waals surface area contributed by atoms with Crippen LogP contribution in [0.5, 0.6) is 5.75 Å². The first-order valence-electron chi connectivity index (χ1n) is 30.3. The van der Waals surface area contributed by atoms with Crippen molar-refractivity contribution in [1.82, 2.24) is 49.7 Å². The van der Waals surface area contributed by atoms with Crippen LogP contribution < -0.4 is 19.8 Å². The van der Waals surface area contributed by atoms with Gasteiger partial charge in [0.15, 0.2) is 0 Å². The quantitative estimate of drug-likeness (QED) is 0.0228. The molecule has 0 amide bonds. The van der Waals surface area contributed by atoms with Gasteiger partial charge < -0.3 is 9.74 Å². The van der Waals surface area contributed by atoms with Crippen LogP contribution in [0, 0.1) is 13.8 Å². The number of hydrogen-bond acceptors (Lipinski definition) is 12.